The van der Waals surface area contributed by atoms with E-state index in [1.54, 1.807) is 0 Å². The van der Waals surface area contributed by atoms with Gasteiger partial charge in [0.25, 0.3) is 26.3 Å². The Kier molecular flexibility index (Phi) is 9.08. The maximum atomic E-state index is 9.86. The number of oxazole rings is 1. The first-order valence-corrected chi connectivity index (χ1v) is 11.9. The lowest BCUT2D eigenvalue weighted by atomic mass is 10.1. The Hall–Kier alpha value is -1.95. The number of benzene rings is 1. The van der Waals surface area contributed by atoms with Gasteiger partial charge in [0.05, 0.1) is 11.5 Å². The SMILES string of the molecule is CCc1oc(N(CC)CC)nc1-c1ccccc1.O=S(=O)(O)CCS(=O)(=O)O. The van der Waals surface area contributed by atoms with Crippen LogP contribution in [-0.2, 0) is 26.7 Å². The van der Waals surface area contributed by atoms with E-state index in [9.17, 15) is 16.8 Å². The predicted octanol–water partition coefficient (Wildman–Crippen LogP) is 2.51. The number of nitrogens with zero attached hydrogens (tertiary/aromatic N) is 2. The van der Waals surface area contributed by atoms with E-state index in [1.807, 2.05) is 18.2 Å². The Balaban J connectivity index is 0.000000336. The zero-order valence-electron chi connectivity index (χ0n) is 16.1. The summed E-state index contributed by atoms with van der Waals surface area (Å²) >= 11 is 0. The average Bonchev–Trinajstić information content (AvgIpc) is 3.06. The van der Waals surface area contributed by atoms with Crippen molar-refractivity contribution in [1.29, 1.82) is 0 Å². The first-order chi connectivity index (χ1) is 13.0. The number of hydrogen-bond acceptors (Lipinski definition) is 7. The molecule has 0 spiro atoms. The standard InChI is InChI=1S/C15H20N2O.C2H6O6S2/c1-4-13-14(12-10-8-7-9-11-12)16-15(18-13)17(5-2)6-3;3-9(4,5)1-2-10(6,7)8/h7-11H,4-6H2,1-3H3;1-2H2,(H,3,4,5)(H,6,7,8). The molecule has 0 atom stereocenters. The van der Waals surface area contributed by atoms with Gasteiger partial charge in [0.2, 0.25) is 0 Å². The summed E-state index contributed by atoms with van der Waals surface area (Å²) in [7, 11) is -8.59. The Labute approximate surface area is 165 Å². The summed E-state index contributed by atoms with van der Waals surface area (Å²) < 4.78 is 61.3. The van der Waals surface area contributed by atoms with Crippen LogP contribution < -0.4 is 4.90 Å². The second-order valence-electron chi connectivity index (χ2n) is 5.73. The van der Waals surface area contributed by atoms with Gasteiger partial charge >= 0.3 is 0 Å². The van der Waals surface area contributed by atoms with Crippen LogP contribution in [0, 0.1) is 0 Å². The van der Waals surface area contributed by atoms with Crippen LogP contribution in [0.5, 0.6) is 0 Å². The minimum Gasteiger partial charge on any atom is -0.428 e. The van der Waals surface area contributed by atoms with Crippen molar-refractivity contribution in [3.8, 4) is 11.3 Å². The average molecular weight is 435 g/mol. The number of aryl methyl sites for hydroxylation is 1. The molecule has 158 valence electrons. The fraction of sp³-hybridized carbons (Fsp3) is 0.471. The Morgan fingerprint density at radius 2 is 1.43 bits per heavy atom. The largest absolute Gasteiger partial charge is 0.428 e. The quantitative estimate of drug-likeness (QED) is 0.600. The summed E-state index contributed by atoms with van der Waals surface area (Å²) in [5.41, 5.74) is 2.09. The van der Waals surface area contributed by atoms with E-state index in [-0.39, 0.29) is 0 Å². The lowest BCUT2D eigenvalue weighted by Gasteiger charge is -2.14. The third kappa shape index (κ3) is 8.38. The third-order valence-electron chi connectivity index (χ3n) is 3.69. The van der Waals surface area contributed by atoms with Crippen LogP contribution in [0.4, 0.5) is 6.01 Å². The van der Waals surface area contributed by atoms with Crippen molar-refractivity contribution < 1.29 is 30.4 Å². The highest BCUT2D eigenvalue weighted by Gasteiger charge is 2.16. The van der Waals surface area contributed by atoms with E-state index >= 15 is 0 Å². The molecule has 28 heavy (non-hydrogen) atoms. The molecule has 11 heteroatoms. The molecule has 1 aromatic carbocycles. The van der Waals surface area contributed by atoms with Crippen LogP contribution in [0.1, 0.15) is 26.5 Å². The fourth-order valence-corrected chi connectivity index (χ4v) is 3.93. The second-order valence-corrected chi connectivity index (χ2v) is 8.88. The van der Waals surface area contributed by atoms with Gasteiger partial charge in [-0.3, -0.25) is 9.11 Å². The summed E-state index contributed by atoms with van der Waals surface area (Å²) in [4.78, 5) is 6.78. The van der Waals surface area contributed by atoms with Gasteiger partial charge in [-0.05, 0) is 13.8 Å². The van der Waals surface area contributed by atoms with Crippen LogP contribution in [0.2, 0.25) is 0 Å². The monoisotopic (exact) mass is 434 g/mol. The van der Waals surface area contributed by atoms with E-state index in [0.717, 1.165) is 42.5 Å². The van der Waals surface area contributed by atoms with E-state index in [1.165, 1.54) is 0 Å². The van der Waals surface area contributed by atoms with Crippen molar-refractivity contribution in [3.05, 3.63) is 36.1 Å². The molecule has 0 saturated carbocycles. The highest BCUT2D eigenvalue weighted by Crippen LogP contribution is 2.28. The van der Waals surface area contributed by atoms with E-state index in [2.05, 4.69) is 42.8 Å². The number of anilines is 1. The van der Waals surface area contributed by atoms with Crippen LogP contribution in [0.15, 0.2) is 34.7 Å². The summed E-state index contributed by atoms with van der Waals surface area (Å²) in [5.74, 6) is -0.999. The molecule has 0 bridgehead atoms. The van der Waals surface area contributed by atoms with Crippen molar-refractivity contribution in [2.45, 2.75) is 27.2 Å². The second kappa shape index (κ2) is 10.6. The van der Waals surface area contributed by atoms with Gasteiger partial charge in [-0.15, -0.1) is 0 Å². The van der Waals surface area contributed by atoms with Gasteiger partial charge in [0.15, 0.2) is 0 Å². The molecule has 0 amide bonds. The Morgan fingerprint density at radius 3 is 1.82 bits per heavy atom. The van der Waals surface area contributed by atoms with Crippen molar-refractivity contribution in [2.24, 2.45) is 0 Å². The summed E-state index contributed by atoms with van der Waals surface area (Å²) in [6.45, 7) is 8.14. The van der Waals surface area contributed by atoms with Gasteiger partial charge in [0.1, 0.15) is 11.5 Å². The fourth-order valence-electron chi connectivity index (χ4n) is 2.24. The zero-order chi connectivity index (χ0) is 21.4. The summed E-state index contributed by atoms with van der Waals surface area (Å²) in [5, 5.41) is 0. The third-order valence-corrected chi connectivity index (χ3v) is 5.39. The van der Waals surface area contributed by atoms with E-state index in [4.69, 9.17) is 13.5 Å². The molecule has 0 unspecified atom stereocenters. The maximum Gasteiger partial charge on any atom is 0.298 e. The van der Waals surface area contributed by atoms with Crippen molar-refractivity contribution >= 4 is 26.3 Å². The minimum absolute atomic E-state index is 0.732. The predicted molar refractivity (Wildman–Crippen MR) is 108 cm³/mol. The highest BCUT2D eigenvalue weighted by molar-refractivity contribution is 7.89. The van der Waals surface area contributed by atoms with Crippen LogP contribution in [-0.4, -0.2) is 55.5 Å². The number of aromatic nitrogens is 1. The van der Waals surface area contributed by atoms with Crippen LogP contribution in [0.25, 0.3) is 11.3 Å². The Bertz CT molecular complexity index is 903. The van der Waals surface area contributed by atoms with E-state index < -0.39 is 31.7 Å². The van der Waals surface area contributed by atoms with Gasteiger partial charge in [-0.2, -0.15) is 21.8 Å². The molecule has 2 aromatic rings. The first kappa shape index (κ1) is 24.1. The minimum atomic E-state index is -4.30. The van der Waals surface area contributed by atoms with Gasteiger partial charge in [-0.1, -0.05) is 37.3 Å². The molecule has 0 aliphatic carbocycles. The molecule has 9 nitrogen and oxygen atoms in total. The zero-order valence-corrected chi connectivity index (χ0v) is 17.7. The molecular formula is C17H26N2O7S2. The molecule has 0 radical (unpaired) electrons. The molecule has 0 aliphatic heterocycles. The molecular weight excluding hydrogens is 408 g/mol. The first-order valence-electron chi connectivity index (χ1n) is 8.71. The van der Waals surface area contributed by atoms with Gasteiger partial charge in [0, 0.05) is 25.1 Å². The molecule has 2 rings (SSSR count). The van der Waals surface area contributed by atoms with Crippen molar-refractivity contribution in [2.75, 3.05) is 29.5 Å². The number of rotatable bonds is 8. The molecule has 1 heterocycles. The lowest BCUT2D eigenvalue weighted by Crippen LogP contribution is -2.21. The normalized spacial score (nSPS) is 11.6. The van der Waals surface area contributed by atoms with Crippen LogP contribution >= 0.6 is 0 Å². The summed E-state index contributed by atoms with van der Waals surface area (Å²) in [6.07, 6.45) is 0.860. The van der Waals surface area contributed by atoms with Crippen molar-refractivity contribution in [3.63, 3.8) is 0 Å². The van der Waals surface area contributed by atoms with Gasteiger partial charge in [-0.25, -0.2) is 0 Å². The molecule has 1 aromatic heterocycles. The molecule has 0 aliphatic rings. The number of hydrogen-bond donors (Lipinski definition) is 2. The lowest BCUT2D eigenvalue weighted by molar-refractivity contribution is 0.472. The summed E-state index contributed by atoms with van der Waals surface area (Å²) in [6, 6.07) is 10.9. The van der Waals surface area contributed by atoms with Gasteiger partial charge < -0.3 is 9.32 Å². The molecule has 0 fully saturated rings. The smallest absolute Gasteiger partial charge is 0.298 e. The molecule has 0 saturated heterocycles. The van der Waals surface area contributed by atoms with Crippen molar-refractivity contribution in [1.82, 2.24) is 4.98 Å². The van der Waals surface area contributed by atoms with E-state index in [0.29, 0.717) is 0 Å². The Morgan fingerprint density at radius 1 is 0.929 bits per heavy atom. The highest BCUT2D eigenvalue weighted by atomic mass is 32.2. The molecule has 2 N–H and O–H groups in total. The topological polar surface area (TPSA) is 138 Å². The van der Waals surface area contributed by atoms with Crippen LogP contribution in [0.3, 0.4) is 0 Å². The maximum absolute atomic E-state index is 9.86.